The number of nitrogens with one attached hydrogen (secondary N) is 2. The highest BCUT2D eigenvalue weighted by atomic mass is 16.4. The molecule has 0 atom stereocenters. The first-order chi connectivity index (χ1) is 9.59. The summed E-state index contributed by atoms with van der Waals surface area (Å²) in [5.74, 6) is -1.16. The van der Waals surface area contributed by atoms with Crippen molar-refractivity contribution in [1.29, 1.82) is 0 Å². The molecule has 2 amide bonds. The molecule has 2 rings (SSSR count). The van der Waals surface area contributed by atoms with Gasteiger partial charge in [-0.25, -0.2) is 9.59 Å². The predicted molar refractivity (Wildman–Crippen MR) is 75.4 cm³/mol. The Morgan fingerprint density at radius 1 is 1.30 bits per heavy atom. The van der Waals surface area contributed by atoms with Crippen molar-refractivity contribution in [2.45, 2.75) is 0 Å². The molecular formula is C13H12N4O3. The molecule has 1 heterocycles. The van der Waals surface area contributed by atoms with Gasteiger partial charge >= 0.3 is 12.0 Å². The van der Waals surface area contributed by atoms with Gasteiger partial charge in [-0.15, -0.1) is 0 Å². The molecule has 0 bridgehead atoms. The lowest BCUT2D eigenvalue weighted by atomic mass is 10.0. The van der Waals surface area contributed by atoms with Crippen molar-refractivity contribution in [3.8, 4) is 0 Å². The number of rotatable bonds is 3. The highest BCUT2D eigenvalue weighted by Crippen LogP contribution is 2.27. The van der Waals surface area contributed by atoms with Crippen LogP contribution < -0.4 is 16.5 Å². The molecule has 0 radical (unpaired) electrons. The van der Waals surface area contributed by atoms with Crippen molar-refractivity contribution in [3.63, 3.8) is 0 Å². The summed E-state index contributed by atoms with van der Waals surface area (Å²) < 4.78 is 0. The van der Waals surface area contributed by atoms with Crippen LogP contribution in [0.25, 0.3) is 5.70 Å². The van der Waals surface area contributed by atoms with Crippen LogP contribution in [0, 0.1) is 0 Å². The van der Waals surface area contributed by atoms with E-state index in [0.29, 0.717) is 11.3 Å². The molecule has 7 heteroatoms. The van der Waals surface area contributed by atoms with Crippen LogP contribution in [0.2, 0.25) is 0 Å². The van der Waals surface area contributed by atoms with Crippen LogP contribution >= 0.6 is 0 Å². The summed E-state index contributed by atoms with van der Waals surface area (Å²) in [6, 6.07) is 3.78. The van der Waals surface area contributed by atoms with Gasteiger partial charge in [0.25, 0.3) is 0 Å². The molecule has 0 fully saturated rings. The van der Waals surface area contributed by atoms with Gasteiger partial charge in [-0.2, -0.15) is 5.10 Å². The van der Waals surface area contributed by atoms with E-state index in [1.807, 2.05) is 0 Å². The number of nitrogens with zero attached hydrogens (tertiary/aromatic N) is 1. The number of carboxylic acid groups (broad SMARTS) is 1. The zero-order chi connectivity index (χ0) is 14.5. The maximum Gasteiger partial charge on any atom is 0.337 e. The van der Waals surface area contributed by atoms with Gasteiger partial charge in [-0.1, -0.05) is 18.2 Å². The molecule has 102 valence electrons. The van der Waals surface area contributed by atoms with E-state index in [0.717, 1.165) is 0 Å². The molecule has 20 heavy (non-hydrogen) atoms. The largest absolute Gasteiger partial charge is 0.478 e. The normalized spacial score (nSPS) is 13.1. The van der Waals surface area contributed by atoms with Crippen molar-refractivity contribution < 1.29 is 14.7 Å². The van der Waals surface area contributed by atoms with E-state index in [2.05, 4.69) is 15.8 Å². The first-order valence-electron chi connectivity index (χ1n) is 5.69. The van der Waals surface area contributed by atoms with Crippen LogP contribution in [-0.2, 0) is 0 Å². The molecule has 0 aromatic heterocycles. The van der Waals surface area contributed by atoms with Crippen LogP contribution in [0.15, 0.2) is 41.5 Å². The van der Waals surface area contributed by atoms with E-state index in [-0.39, 0.29) is 11.3 Å². The number of para-hydroxylation sites is 1. The third-order valence-corrected chi connectivity index (χ3v) is 2.55. The molecule has 1 aliphatic heterocycles. The van der Waals surface area contributed by atoms with Crippen LogP contribution in [-0.4, -0.2) is 23.3 Å². The van der Waals surface area contributed by atoms with Gasteiger partial charge in [0.15, 0.2) is 0 Å². The number of primary amides is 1. The fraction of sp³-hybridized carbons (Fsp3) is 0. The Labute approximate surface area is 114 Å². The SMILES string of the molecule is NC(=O)Nc1c(C(=O)O)cccc1C1=CC=CC=NN1. The third-order valence-electron chi connectivity index (χ3n) is 2.55. The number of urea groups is 1. The summed E-state index contributed by atoms with van der Waals surface area (Å²) in [4.78, 5) is 22.3. The Kier molecular flexibility index (Phi) is 3.80. The summed E-state index contributed by atoms with van der Waals surface area (Å²) in [6.45, 7) is 0. The zero-order valence-electron chi connectivity index (χ0n) is 10.3. The van der Waals surface area contributed by atoms with Crippen LogP contribution in [0.4, 0.5) is 10.5 Å². The minimum absolute atomic E-state index is 0.0544. The van der Waals surface area contributed by atoms with Crippen molar-refractivity contribution >= 4 is 29.6 Å². The van der Waals surface area contributed by atoms with E-state index < -0.39 is 12.0 Å². The molecule has 1 aromatic carbocycles. The van der Waals surface area contributed by atoms with Crippen LogP contribution in [0.1, 0.15) is 15.9 Å². The topological polar surface area (TPSA) is 117 Å². The number of carbonyl (C=O) groups is 2. The van der Waals surface area contributed by atoms with Crippen molar-refractivity contribution in [1.82, 2.24) is 5.43 Å². The van der Waals surface area contributed by atoms with E-state index in [1.165, 1.54) is 6.07 Å². The minimum Gasteiger partial charge on any atom is -0.478 e. The monoisotopic (exact) mass is 272 g/mol. The van der Waals surface area contributed by atoms with E-state index in [4.69, 9.17) is 5.73 Å². The molecule has 0 spiro atoms. The van der Waals surface area contributed by atoms with E-state index in [1.54, 1.807) is 36.6 Å². The Bertz CT molecular complexity index is 647. The number of hydrazone groups is 1. The highest BCUT2D eigenvalue weighted by Gasteiger charge is 2.17. The molecule has 0 unspecified atom stereocenters. The number of hydrogen-bond donors (Lipinski definition) is 4. The lowest BCUT2D eigenvalue weighted by Gasteiger charge is -2.14. The van der Waals surface area contributed by atoms with Gasteiger partial charge in [-0.3, -0.25) is 5.43 Å². The van der Waals surface area contributed by atoms with E-state index in [9.17, 15) is 14.7 Å². The van der Waals surface area contributed by atoms with Crippen molar-refractivity contribution in [3.05, 3.63) is 47.6 Å². The molecule has 0 saturated carbocycles. The van der Waals surface area contributed by atoms with Gasteiger partial charge in [0.1, 0.15) is 0 Å². The molecule has 5 N–H and O–H groups in total. The quantitative estimate of drug-likeness (QED) is 0.664. The lowest BCUT2D eigenvalue weighted by molar-refractivity contribution is 0.0698. The van der Waals surface area contributed by atoms with Crippen molar-refractivity contribution in [2.24, 2.45) is 10.8 Å². The fourth-order valence-electron chi connectivity index (χ4n) is 1.75. The number of anilines is 1. The number of nitrogens with two attached hydrogens (primary N) is 1. The summed E-state index contributed by atoms with van der Waals surface area (Å²) >= 11 is 0. The summed E-state index contributed by atoms with van der Waals surface area (Å²) in [5.41, 5.74) is 8.95. The number of aromatic carboxylic acids is 1. The Morgan fingerprint density at radius 2 is 2.10 bits per heavy atom. The van der Waals surface area contributed by atoms with E-state index >= 15 is 0 Å². The number of hydrogen-bond acceptors (Lipinski definition) is 4. The van der Waals surface area contributed by atoms with Gasteiger partial charge < -0.3 is 16.2 Å². The number of benzene rings is 1. The van der Waals surface area contributed by atoms with Gasteiger partial charge in [0, 0.05) is 11.8 Å². The smallest absolute Gasteiger partial charge is 0.337 e. The van der Waals surface area contributed by atoms with Gasteiger partial charge in [0.2, 0.25) is 0 Å². The zero-order valence-corrected chi connectivity index (χ0v) is 10.3. The molecule has 1 aliphatic rings. The first-order valence-corrected chi connectivity index (χ1v) is 5.69. The number of carbonyl (C=O) groups excluding carboxylic acids is 1. The standard InChI is InChI=1S/C13H12N4O3/c14-13(20)16-11-8(4-3-5-9(11)12(18)19)10-6-1-2-7-15-17-10/h1-7,17H,(H,18,19)(H3,14,16,20). The second kappa shape index (κ2) is 5.70. The number of amides is 2. The number of carboxylic acids is 1. The maximum atomic E-state index is 11.2. The molecular weight excluding hydrogens is 260 g/mol. The Morgan fingerprint density at radius 3 is 2.80 bits per heavy atom. The molecule has 1 aromatic rings. The third kappa shape index (κ3) is 2.83. The predicted octanol–water partition coefficient (Wildman–Crippen LogP) is 1.36. The van der Waals surface area contributed by atoms with Gasteiger partial charge in [0.05, 0.1) is 16.9 Å². The summed E-state index contributed by atoms with van der Waals surface area (Å²) in [5, 5.41) is 15.4. The van der Waals surface area contributed by atoms with Crippen LogP contribution in [0.5, 0.6) is 0 Å². The van der Waals surface area contributed by atoms with Gasteiger partial charge in [-0.05, 0) is 18.2 Å². The molecule has 0 saturated heterocycles. The Balaban J connectivity index is 2.57. The summed E-state index contributed by atoms with van der Waals surface area (Å²) in [6.07, 6.45) is 6.70. The molecule has 7 nitrogen and oxygen atoms in total. The average Bonchev–Trinajstić information content (AvgIpc) is 2.66. The lowest BCUT2D eigenvalue weighted by Crippen LogP contribution is -2.22. The average molecular weight is 272 g/mol. The summed E-state index contributed by atoms with van der Waals surface area (Å²) in [7, 11) is 0. The second-order valence-corrected chi connectivity index (χ2v) is 3.88. The Hall–Kier alpha value is -3.09. The van der Waals surface area contributed by atoms with Crippen molar-refractivity contribution in [2.75, 3.05) is 5.32 Å². The highest BCUT2D eigenvalue weighted by molar-refractivity contribution is 6.03. The fourth-order valence-corrected chi connectivity index (χ4v) is 1.75. The first kappa shape index (κ1) is 13.3. The molecule has 0 aliphatic carbocycles. The maximum absolute atomic E-state index is 11.2. The second-order valence-electron chi connectivity index (χ2n) is 3.88. The minimum atomic E-state index is -1.16. The van der Waals surface area contributed by atoms with Crippen LogP contribution in [0.3, 0.4) is 0 Å². The number of allylic oxidation sites excluding steroid dienone is 3.